The number of methoxy groups -OCH3 is 1. The number of benzene rings is 2. The van der Waals surface area contributed by atoms with Crippen molar-refractivity contribution in [3.8, 4) is 5.75 Å². The molecule has 1 unspecified atom stereocenters. The highest BCUT2D eigenvalue weighted by Gasteiger charge is 2.27. The van der Waals surface area contributed by atoms with Gasteiger partial charge in [-0.25, -0.2) is 0 Å². The minimum absolute atomic E-state index is 0.0642. The van der Waals surface area contributed by atoms with Crippen LogP contribution in [0.3, 0.4) is 0 Å². The van der Waals surface area contributed by atoms with Gasteiger partial charge in [0.05, 0.1) is 32.5 Å². The normalized spacial score (nSPS) is 17.4. The zero-order valence-electron chi connectivity index (χ0n) is 19.2. The Labute approximate surface area is 195 Å². The second kappa shape index (κ2) is 12.6. The maximum absolute atomic E-state index is 13.3. The number of carbonyl (C=O) groups is 3. The Hall–Kier alpha value is -3.35. The molecule has 0 aromatic heterocycles. The van der Waals surface area contributed by atoms with Crippen molar-refractivity contribution in [3.05, 3.63) is 65.7 Å². The van der Waals surface area contributed by atoms with Crippen molar-refractivity contribution in [1.82, 2.24) is 15.5 Å². The SMILES string of the molecule is COc1cccc(CC(=O)NCC(=O)N2CCCCCCNC(=O)CC2c2ccccc2)c1. The van der Waals surface area contributed by atoms with Crippen molar-refractivity contribution in [3.63, 3.8) is 0 Å². The molecule has 3 amide bonds. The summed E-state index contributed by atoms with van der Waals surface area (Å²) in [5, 5.41) is 5.72. The quantitative estimate of drug-likeness (QED) is 0.707. The Morgan fingerprint density at radius 3 is 2.64 bits per heavy atom. The molecule has 176 valence electrons. The fourth-order valence-electron chi connectivity index (χ4n) is 4.08. The summed E-state index contributed by atoms with van der Waals surface area (Å²) in [4.78, 5) is 40.1. The van der Waals surface area contributed by atoms with Crippen molar-refractivity contribution in [2.45, 2.75) is 44.6 Å². The minimum Gasteiger partial charge on any atom is -0.497 e. The van der Waals surface area contributed by atoms with Crippen LogP contribution in [0.4, 0.5) is 0 Å². The number of rotatable bonds is 6. The molecule has 0 bridgehead atoms. The lowest BCUT2D eigenvalue weighted by atomic mass is 10.0. The van der Waals surface area contributed by atoms with Crippen molar-refractivity contribution < 1.29 is 19.1 Å². The van der Waals surface area contributed by atoms with E-state index in [2.05, 4.69) is 10.6 Å². The standard InChI is InChI=1S/C26H33N3O4/c1-33-22-13-9-10-20(16-22)17-24(30)28-19-26(32)29-15-8-3-2-7-14-27-25(31)18-23(29)21-11-5-4-6-12-21/h4-6,9-13,16,23H,2-3,7-8,14-15,17-19H2,1H3,(H,27,31)(H,28,30). The largest absolute Gasteiger partial charge is 0.497 e. The molecule has 2 aromatic rings. The molecule has 2 N–H and O–H groups in total. The van der Waals surface area contributed by atoms with Crippen LogP contribution in [0.1, 0.15) is 49.3 Å². The summed E-state index contributed by atoms with van der Waals surface area (Å²) in [6.45, 7) is 1.11. The smallest absolute Gasteiger partial charge is 0.242 e. The van der Waals surface area contributed by atoms with E-state index >= 15 is 0 Å². The van der Waals surface area contributed by atoms with E-state index in [0.717, 1.165) is 36.8 Å². The first-order chi connectivity index (χ1) is 16.1. The molecule has 1 atom stereocenters. The van der Waals surface area contributed by atoms with Crippen LogP contribution in [0.2, 0.25) is 0 Å². The third-order valence-corrected chi connectivity index (χ3v) is 5.84. The van der Waals surface area contributed by atoms with Crippen LogP contribution in [-0.2, 0) is 20.8 Å². The summed E-state index contributed by atoms with van der Waals surface area (Å²) in [5.74, 6) is 0.202. The molecule has 0 aliphatic carbocycles. The second-order valence-corrected chi connectivity index (χ2v) is 8.29. The van der Waals surface area contributed by atoms with E-state index in [9.17, 15) is 14.4 Å². The average molecular weight is 452 g/mol. The molecular formula is C26H33N3O4. The van der Waals surface area contributed by atoms with Crippen molar-refractivity contribution in [2.75, 3.05) is 26.7 Å². The van der Waals surface area contributed by atoms with Gasteiger partial charge in [0.15, 0.2) is 0 Å². The summed E-state index contributed by atoms with van der Waals surface area (Å²) < 4.78 is 5.20. The molecule has 7 nitrogen and oxygen atoms in total. The minimum atomic E-state index is -0.368. The van der Waals surface area contributed by atoms with Gasteiger partial charge < -0.3 is 20.3 Å². The number of hydrogen-bond donors (Lipinski definition) is 2. The summed E-state index contributed by atoms with van der Waals surface area (Å²) >= 11 is 0. The zero-order chi connectivity index (χ0) is 23.5. The predicted molar refractivity (Wildman–Crippen MR) is 127 cm³/mol. The first-order valence-corrected chi connectivity index (χ1v) is 11.6. The van der Waals surface area contributed by atoms with Crippen LogP contribution in [0.25, 0.3) is 0 Å². The molecule has 1 aliphatic rings. The fraction of sp³-hybridized carbons (Fsp3) is 0.423. The number of nitrogens with one attached hydrogen (secondary N) is 2. The summed E-state index contributed by atoms with van der Waals surface area (Å²) in [6, 6.07) is 16.6. The van der Waals surface area contributed by atoms with Crippen LogP contribution in [0, 0.1) is 0 Å². The van der Waals surface area contributed by atoms with E-state index in [1.54, 1.807) is 18.1 Å². The maximum atomic E-state index is 13.3. The van der Waals surface area contributed by atoms with E-state index in [4.69, 9.17) is 4.74 Å². The maximum Gasteiger partial charge on any atom is 0.242 e. The Bertz CT molecular complexity index is 932. The first kappa shape index (κ1) is 24.3. The average Bonchev–Trinajstić information content (AvgIpc) is 2.87. The molecule has 2 aromatic carbocycles. The third kappa shape index (κ3) is 7.63. The highest BCUT2D eigenvalue weighted by atomic mass is 16.5. The fourth-order valence-corrected chi connectivity index (χ4v) is 4.08. The monoisotopic (exact) mass is 451 g/mol. The topological polar surface area (TPSA) is 87.7 Å². The predicted octanol–water partition coefficient (Wildman–Crippen LogP) is 3.00. The van der Waals surface area contributed by atoms with Gasteiger partial charge in [0.2, 0.25) is 17.7 Å². The molecule has 0 radical (unpaired) electrons. The van der Waals surface area contributed by atoms with Gasteiger partial charge in [0.25, 0.3) is 0 Å². The van der Waals surface area contributed by atoms with E-state index in [0.29, 0.717) is 18.8 Å². The van der Waals surface area contributed by atoms with Crippen molar-refractivity contribution in [1.29, 1.82) is 0 Å². The van der Waals surface area contributed by atoms with Crippen LogP contribution in [-0.4, -0.2) is 49.4 Å². The van der Waals surface area contributed by atoms with Gasteiger partial charge in [-0.1, -0.05) is 55.3 Å². The van der Waals surface area contributed by atoms with Gasteiger partial charge in [0.1, 0.15) is 5.75 Å². The molecule has 1 fully saturated rings. The van der Waals surface area contributed by atoms with E-state index in [1.165, 1.54) is 0 Å². The highest BCUT2D eigenvalue weighted by Crippen LogP contribution is 2.26. The summed E-state index contributed by atoms with van der Waals surface area (Å²) in [6.07, 6.45) is 4.17. The molecule has 3 rings (SSSR count). The van der Waals surface area contributed by atoms with Gasteiger partial charge in [-0.05, 0) is 36.1 Å². The highest BCUT2D eigenvalue weighted by molar-refractivity contribution is 5.86. The van der Waals surface area contributed by atoms with Gasteiger partial charge in [-0.15, -0.1) is 0 Å². The van der Waals surface area contributed by atoms with Crippen LogP contribution >= 0.6 is 0 Å². The lowest BCUT2D eigenvalue weighted by Crippen LogP contribution is -2.44. The molecule has 33 heavy (non-hydrogen) atoms. The number of nitrogens with zero attached hydrogens (tertiary/aromatic N) is 1. The van der Waals surface area contributed by atoms with E-state index in [1.807, 2.05) is 48.5 Å². The van der Waals surface area contributed by atoms with Gasteiger partial charge in [-0.2, -0.15) is 0 Å². The van der Waals surface area contributed by atoms with Gasteiger partial charge >= 0.3 is 0 Å². The molecule has 0 saturated carbocycles. The lowest BCUT2D eigenvalue weighted by Gasteiger charge is -2.32. The van der Waals surface area contributed by atoms with Gasteiger partial charge in [0, 0.05) is 13.1 Å². The van der Waals surface area contributed by atoms with Crippen molar-refractivity contribution in [2.24, 2.45) is 0 Å². The number of carbonyl (C=O) groups excluding carboxylic acids is 3. The first-order valence-electron chi connectivity index (χ1n) is 11.6. The lowest BCUT2D eigenvalue weighted by molar-refractivity contribution is -0.136. The Balaban J connectivity index is 1.69. The van der Waals surface area contributed by atoms with Crippen LogP contribution < -0.4 is 15.4 Å². The van der Waals surface area contributed by atoms with E-state index in [-0.39, 0.29) is 43.1 Å². The molecule has 7 heteroatoms. The number of hydrogen-bond acceptors (Lipinski definition) is 4. The summed E-state index contributed by atoms with van der Waals surface area (Å²) in [7, 11) is 1.58. The Kier molecular flexibility index (Phi) is 9.30. The molecular weight excluding hydrogens is 418 g/mol. The van der Waals surface area contributed by atoms with E-state index < -0.39 is 0 Å². The third-order valence-electron chi connectivity index (χ3n) is 5.84. The number of amides is 3. The molecule has 1 heterocycles. The van der Waals surface area contributed by atoms with Gasteiger partial charge in [-0.3, -0.25) is 14.4 Å². The van der Waals surface area contributed by atoms with Crippen LogP contribution in [0.15, 0.2) is 54.6 Å². The molecule has 0 spiro atoms. The van der Waals surface area contributed by atoms with Crippen molar-refractivity contribution >= 4 is 17.7 Å². The molecule has 1 saturated heterocycles. The zero-order valence-corrected chi connectivity index (χ0v) is 19.2. The second-order valence-electron chi connectivity index (χ2n) is 8.29. The van der Waals surface area contributed by atoms with Crippen LogP contribution in [0.5, 0.6) is 5.75 Å². The Morgan fingerprint density at radius 2 is 1.85 bits per heavy atom. The molecule has 1 aliphatic heterocycles. The Morgan fingerprint density at radius 1 is 1.06 bits per heavy atom. The summed E-state index contributed by atoms with van der Waals surface area (Å²) in [5.41, 5.74) is 1.73. The number of ether oxygens (including phenoxy) is 1.